The molecule has 0 radical (unpaired) electrons. The monoisotopic (exact) mass is 264 g/mol. The van der Waals surface area contributed by atoms with E-state index in [1.807, 2.05) is 0 Å². The van der Waals surface area contributed by atoms with Crippen molar-refractivity contribution in [2.45, 2.75) is 45.4 Å². The van der Waals surface area contributed by atoms with E-state index in [4.69, 9.17) is 4.74 Å². The molecule has 0 aromatic heterocycles. The van der Waals surface area contributed by atoms with Gasteiger partial charge in [-0.3, -0.25) is 0 Å². The summed E-state index contributed by atoms with van der Waals surface area (Å²) < 4.78 is 5.97. The van der Waals surface area contributed by atoms with Gasteiger partial charge in [-0.05, 0) is 42.2 Å². The first-order valence-electron chi connectivity index (χ1n) is 6.99. The molecule has 0 N–H and O–H groups in total. The van der Waals surface area contributed by atoms with Crippen molar-refractivity contribution in [1.82, 2.24) is 0 Å². The fourth-order valence-corrected chi connectivity index (χ4v) is 3.07. The van der Waals surface area contributed by atoms with Gasteiger partial charge < -0.3 is 4.74 Å². The van der Waals surface area contributed by atoms with Gasteiger partial charge in [0.1, 0.15) is 5.75 Å². The molecule has 1 aliphatic rings. The Balaban J connectivity index is 1.93. The molecule has 1 aromatic rings. The van der Waals surface area contributed by atoms with E-state index in [9.17, 15) is 0 Å². The predicted molar refractivity (Wildman–Crippen MR) is 80.8 cm³/mol. The number of hydrogen-bond acceptors (Lipinski definition) is 2. The second-order valence-corrected chi connectivity index (χ2v) is 6.19. The van der Waals surface area contributed by atoms with Crippen molar-refractivity contribution in [3.05, 3.63) is 29.8 Å². The van der Waals surface area contributed by atoms with Crippen LogP contribution in [0.1, 0.15) is 51.0 Å². The van der Waals surface area contributed by atoms with Crippen LogP contribution in [0.15, 0.2) is 24.3 Å². The number of ether oxygens (including phenoxy) is 1. The minimum Gasteiger partial charge on any atom is -0.493 e. The summed E-state index contributed by atoms with van der Waals surface area (Å²) in [6.07, 6.45) is 5.19. The Bertz CT molecular complexity index is 363. The van der Waals surface area contributed by atoms with Gasteiger partial charge in [-0.15, -0.1) is 0 Å². The molecule has 0 amide bonds. The zero-order valence-electron chi connectivity index (χ0n) is 11.5. The maximum Gasteiger partial charge on any atom is 0.119 e. The Morgan fingerprint density at radius 2 is 1.78 bits per heavy atom. The molecule has 0 saturated heterocycles. The van der Waals surface area contributed by atoms with Crippen molar-refractivity contribution in [1.29, 1.82) is 0 Å². The Kier molecular flexibility index (Phi) is 4.60. The van der Waals surface area contributed by atoms with E-state index in [2.05, 4.69) is 50.7 Å². The van der Waals surface area contributed by atoms with E-state index in [1.54, 1.807) is 0 Å². The first-order chi connectivity index (χ1) is 8.65. The highest BCUT2D eigenvalue weighted by Gasteiger charge is 2.33. The van der Waals surface area contributed by atoms with Crippen LogP contribution in [0.3, 0.4) is 0 Å². The van der Waals surface area contributed by atoms with Crippen molar-refractivity contribution in [3.63, 3.8) is 0 Å². The second kappa shape index (κ2) is 6.01. The highest BCUT2D eigenvalue weighted by molar-refractivity contribution is 7.80. The Morgan fingerprint density at radius 1 is 1.17 bits per heavy atom. The summed E-state index contributed by atoms with van der Waals surface area (Å²) in [4.78, 5) is 0. The summed E-state index contributed by atoms with van der Waals surface area (Å²) in [5.41, 5.74) is 1.69. The van der Waals surface area contributed by atoms with Gasteiger partial charge in [0.05, 0.1) is 6.61 Å². The number of benzene rings is 1. The van der Waals surface area contributed by atoms with Crippen LogP contribution in [0, 0.1) is 5.41 Å². The molecular formula is C16H24OS. The zero-order chi connectivity index (χ0) is 13.0. The maximum absolute atomic E-state index is 5.97. The summed E-state index contributed by atoms with van der Waals surface area (Å²) in [6, 6.07) is 8.52. The SMILES string of the molecule is CC(C)c1ccc(OCC2(CS)CCCC2)cc1. The smallest absolute Gasteiger partial charge is 0.119 e. The molecule has 1 fully saturated rings. The van der Waals surface area contributed by atoms with Gasteiger partial charge in [-0.1, -0.05) is 38.8 Å². The fraction of sp³-hybridized carbons (Fsp3) is 0.625. The Labute approximate surface area is 116 Å². The number of rotatable bonds is 5. The lowest BCUT2D eigenvalue weighted by Gasteiger charge is -2.26. The highest BCUT2D eigenvalue weighted by Crippen LogP contribution is 2.39. The average molecular weight is 264 g/mol. The second-order valence-electron chi connectivity index (χ2n) is 5.88. The quantitative estimate of drug-likeness (QED) is 0.760. The summed E-state index contributed by atoms with van der Waals surface area (Å²) >= 11 is 4.51. The Morgan fingerprint density at radius 3 is 2.28 bits per heavy atom. The van der Waals surface area contributed by atoms with E-state index in [-0.39, 0.29) is 0 Å². The molecule has 18 heavy (non-hydrogen) atoms. The third-order valence-electron chi connectivity index (χ3n) is 4.09. The zero-order valence-corrected chi connectivity index (χ0v) is 12.4. The van der Waals surface area contributed by atoms with Crippen LogP contribution in [0.2, 0.25) is 0 Å². The van der Waals surface area contributed by atoms with Gasteiger partial charge in [0.25, 0.3) is 0 Å². The third-order valence-corrected chi connectivity index (χ3v) is 4.76. The van der Waals surface area contributed by atoms with Crippen LogP contribution in [0.5, 0.6) is 5.75 Å². The first kappa shape index (κ1) is 13.8. The lowest BCUT2D eigenvalue weighted by molar-refractivity contribution is 0.173. The minimum atomic E-state index is 0.319. The molecule has 1 nitrogen and oxygen atoms in total. The number of thiol groups is 1. The molecule has 1 saturated carbocycles. The predicted octanol–water partition coefficient (Wildman–Crippen LogP) is 4.68. The first-order valence-corrected chi connectivity index (χ1v) is 7.62. The third kappa shape index (κ3) is 3.23. The fourth-order valence-electron chi connectivity index (χ4n) is 2.66. The van der Waals surface area contributed by atoms with Crippen molar-refractivity contribution < 1.29 is 4.74 Å². The summed E-state index contributed by atoms with van der Waals surface area (Å²) in [5.74, 6) is 2.52. The van der Waals surface area contributed by atoms with Gasteiger partial charge in [0.15, 0.2) is 0 Å². The topological polar surface area (TPSA) is 9.23 Å². The van der Waals surface area contributed by atoms with Gasteiger partial charge in [0.2, 0.25) is 0 Å². The van der Waals surface area contributed by atoms with E-state index >= 15 is 0 Å². The van der Waals surface area contributed by atoms with E-state index in [0.717, 1.165) is 18.1 Å². The molecule has 1 aromatic carbocycles. The largest absolute Gasteiger partial charge is 0.493 e. The lowest BCUT2D eigenvalue weighted by Crippen LogP contribution is -2.27. The normalized spacial score (nSPS) is 18.2. The highest BCUT2D eigenvalue weighted by atomic mass is 32.1. The van der Waals surface area contributed by atoms with Crippen molar-refractivity contribution in [2.24, 2.45) is 5.41 Å². The van der Waals surface area contributed by atoms with Crippen molar-refractivity contribution >= 4 is 12.6 Å². The molecule has 0 unspecified atom stereocenters. The molecule has 2 heteroatoms. The standard InChI is InChI=1S/C16H24OS/c1-13(2)14-5-7-15(8-6-14)17-11-16(12-18)9-3-4-10-16/h5-8,13,18H,3-4,9-12H2,1-2H3. The molecule has 2 rings (SSSR count). The number of hydrogen-bond donors (Lipinski definition) is 1. The molecular weight excluding hydrogens is 240 g/mol. The molecule has 0 heterocycles. The van der Waals surface area contributed by atoms with Gasteiger partial charge in [0, 0.05) is 5.41 Å². The van der Waals surface area contributed by atoms with Crippen LogP contribution in [0.4, 0.5) is 0 Å². The van der Waals surface area contributed by atoms with Gasteiger partial charge >= 0.3 is 0 Å². The Hall–Kier alpha value is -0.630. The summed E-state index contributed by atoms with van der Waals surface area (Å²) in [7, 11) is 0. The van der Waals surface area contributed by atoms with Crippen LogP contribution in [-0.2, 0) is 0 Å². The molecule has 0 bridgehead atoms. The maximum atomic E-state index is 5.97. The van der Waals surface area contributed by atoms with Gasteiger partial charge in [-0.25, -0.2) is 0 Å². The molecule has 0 aliphatic heterocycles. The molecule has 0 spiro atoms. The minimum absolute atomic E-state index is 0.319. The van der Waals surface area contributed by atoms with Gasteiger partial charge in [-0.2, -0.15) is 12.6 Å². The summed E-state index contributed by atoms with van der Waals surface area (Å²) in [6.45, 7) is 5.24. The summed E-state index contributed by atoms with van der Waals surface area (Å²) in [5, 5.41) is 0. The molecule has 0 atom stereocenters. The van der Waals surface area contributed by atoms with Crippen LogP contribution in [0.25, 0.3) is 0 Å². The van der Waals surface area contributed by atoms with Crippen molar-refractivity contribution in [2.75, 3.05) is 12.4 Å². The van der Waals surface area contributed by atoms with Crippen LogP contribution >= 0.6 is 12.6 Å². The van der Waals surface area contributed by atoms with Crippen LogP contribution < -0.4 is 4.74 Å². The van der Waals surface area contributed by atoms with Crippen LogP contribution in [-0.4, -0.2) is 12.4 Å². The van der Waals surface area contributed by atoms with E-state index in [0.29, 0.717) is 11.3 Å². The average Bonchev–Trinajstić information content (AvgIpc) is 2.86. The van der Waals surface area contributed by atoms with Crippen molar-refractivity contribution in [3.8, 4) is 5.75 Å². The van der Waals surface area contributed by atoms with E-state index < -0.39 is 0 Å². The lowest BCUT2D eigenvalue weighted by atomic mass is 9.90. The van der Waals surface area contributed by atoms with E-state index in [1.165, 1.54) is 31.2 Å². The molecule has 1 aliphatic carbocycles. The molecule has 100 valence electrons.